The molecule has 0 aliphatic heterocycles. The first kappa shape index (κ1) is 5.69. The molecule has 1 N–H and O–H groups in total. The summed E-state index contributed by atoms with van der Waals surface area (Å²) in [4.78, 5) is 2.64. The lowest BCUT2D eigenvalue weighted by Crippen LogP contribution is -2.02. The lowest BCUT2D eigenvalue weighted by molar-refractivity contribution is -0.394. The van der Waals surface area contributed by atoms with E-state index in [0.717, 1.165) is 4.60 Å². The van der Waals surface area contributed by atoms with Crippen molar-refractivity contribution in [1.29, 1.82) is 0 Å². The van der Waals surface area contributed by atoms with Crippen LogP contribution in [0.1, 0.15) is 0 Å². The Labute approximate surface area is 54.7 Å². The highest BCUT2D eigenvalue weighted by atomic mass is 79.9. The van der Waals surface area contributed by atoms with Gasteiger partial charge in [0.25, 0.3) is 0 Å². The Kier molecular flexibility index (Phi) is 1.58. The fourth-order valence-corrected chi connectivity index (χ4v) is 0.634. The normalized spacial score (nSPS) is 9.25. The fourth-order valence-electron chi connectivity index (χ4n) is 0.387. The first-order valence-corrected chi connectivity index (χ1v) is 2.91. The van der Waals surface area contributed by atoms with Crippen molar-refractivity contribution in [3.63, 3.8) is 0 Å². The minimum Gasteiger partial charge on any atom is -0.203 e. The number of aromatic nitrogens is 1. The smallest absolute Gasteiger partial charge is 0.203 e. The third-order valence-electron chi connectivity index (χ3n) is 0.737. The average Bonchev–Trinajstić information content (AvgIpc) is 1.77. The molecule has 0 saturated heterocycles. The molecular weight excluding hydrogens is 173 g/mol. The van der Waals surface area contributed by atoms with E-state index in [0.29, 0.717) is 0 Å². The number of halogens is 2. The summed E-state index contributed by atoms with van der Waals surface area (Å²) in [6.45, 7) is 0. The Morgan fingerprint density at radius 2 is 2.25 bits per heavy atom. The molecule has 0 aliphatic rings. The summed E-state index contributed by atoms with van der Waals surface area (Å²) in [7, 11) is 0. The Hall–Kier alpha value is -0.440. The van der Waals surface area contributed by atoms with Crippen molar-refractivity contribution in [2.24, 2.45) is 0 Å². The maximum absolute atomic E-state index is 12.0. The van der Waals surface area contributed by atoms with Gasteiger partial charge in [-0.3, -0.25) is 0 Å². The van der Waals surface area contributed by atoms with Crippen LogP contribution >= 0.6 is 15.9 Å². The zero-order valence-electron chi connectivity index (χ0n) is 3.99. The summed E-state index contributed by atoms with van der Waals surface area (Å²) < 4.78 is 12.8. The number of hydrogen-bond donors (Lipinski definition) is 0. The summed E-state index contributed by atoms with van der Waals surface area (Å²) in [6, 6.07) is 2.98. The largest absolute Gasteiger partial charge is 0.246 e. The summed E-state index contributed by atoms with van der Waals surface area (Å²) in [6.07, 6.45) is 1.28. The van der Waals surface area contributed by atoms with Crippen molar-refractivity contribution in [1.82, 2.24) is 0 Å². The van der Waals surface area contributed by atoms with Crippen molar-refractivity contribution in [3.05, 3.63) is 28.7 Å². The van der Waals surface area contributed by atoms with E-state index in [9.17, 15) is 4.39 Å². The summed E-state index contributed by atoms with van der Waals surface area (Å²) in [5, 5.41) is 0. The van der Waals surface area contributed by atoms with Gasteiger partial charge in [0.1, 0.15) is 0 Å². The van der Waals surface area contributed by atoms with E-state index in [4.69, 9.17) is 0 Å². The maximum Gasteiger partial charge on any atom is 0.246 e. The van der Waals surface area contributed by atoms with Crippen molar-refractivity contribution < 1.29 is 9.37 Å². The number of pyridine rings is 1. The number of hydrogen-bond acceptors (Lipinski definition) is 0. The van der Waals surface area contributed by atoms with Gasteiger partial charge in [0.2, 0.25) is 10.8 Å². The molecular formula is C5H4BrFN+. The van der Waals surface area contributed by atoms with E-state index in [1.54, 1.807) is 6.07 Å². The molecule has 8 heavy (non-hydrogen) atoms. The van der Waals surface area contributed by atoms with Crippen LogP contribution in [0.15, 0.2) is 22.9 Å². The van der Waals surface area contributed by atoms with Crippen LogP contribution in [0, 0.1) is 5.82 Å². The second kappa shape index (κ2) is 2.22. The molecule has 0 saturated carbocycles. The van der Waals surface area contributed by atoms with Crippen LogP contribution in [0.25, 0.3) is 0 Å². The SMILES string of the molecule is Fc1ccc(Br)[nH+]c1. The van der Waals surface area contributed by atoms with Crippen molar-refractivity contribution >= 4 is 15.9 Å². The lowest BCUT2D eigenvalue weighted by Gasteiger charge is -1.78. The van der Waals surface area contributed by atoms with Gasteiger partial charge in [0, 0.05) is 22.0 Å². The molecule has 0 aliphatic carbocycles. The zero-order chi connectivity index (χ0) is 5.98. The molecule has 1 rings (SSSR count). The first-order chi connectivity index (χ1) is 3.79. The van der Waals surface area contributed by atoms with Gasteiger partial charge < -0.3 is 0 Å². The third kappa shape index (κ3) is 1.26. The quantitative estimate of drug-likeness (QED) is 0.532. The van der Waals surface area contributed by atoms with Crippen LogP contribution in [-0.4, -0.2) is 0 Å². The van der Waals surface area contributed by atoms with E-state index in [-0.39, 0.29) is 5.82 Å². The zero-order valence-corrected chi connectivity index (χ0v) is 5.57. The average molecular weight is 177 g/mol. The molecule has 0 radical (unpaired) electrons. The highest BCUT2D eigenvalue weighted by molar-refractivity contribution is 9.10. The number of rotatable bonds is 0. The van der Waals surface area contributed by atoms with E-state index in [1.165, 1.54) is 12.3 Å². The molecule has 0 atom stereocenters. The van der Waals surface area contributed by atoms with E-state index in [1.807, 2.05) is 0 Å². The van der Waals surface area contributed by atoms with E-state index >= 15 is 0 Å². The van der Waals surface area contributed by atoms with Gasteiger partial charge in [-0.05, 0) is 6.07 Å². The molecule has 0 unspecified atom stereocenters. The van der Waals surface area contributed by atoms with Crippen molar-refractivity contribution in [2.75, 3.05) is 0 Å². The molecule has 0 aromatic carbocycles. The van der Waals surface area contributed by atoms with Crippen molar-refractivity contribution in [3.8, 4) is 0 Å². The first-order valence-electron chi connectivity index (χ1n) is 2.12. The van der Waals surface area contributed by atoms with Gasteiger partial charge in [-0.1, -0.05) is 0 Å². The molecule has 0 fully saturated rings. The number of nitrogens with one attached hydrogen (secondary N) is 1. The van der Waals surface area contributed by atoms with Crippen LogP contribution in [-0.2, 0) is 0 Å². The summed E-state index contributed by atoms with van der Waals surface area (Å²) in [5.41, 5.74) is 0. The molecule has 0 spiro atoms. The topological polar surface area (TPSA) is 14.1 Å². The fraction of sp³-hybridized carbons (Fsp3) is 0. The van der Waals surface area contributed by atoms with Crippen molar-refractivity contribution in [2.45, 2.75) is 0 Å². The van der Waals surface area contributed by atoms with Gasteiger partial charge >= 0.3 is 0 Å². The molecule has 1 nitrogen and oxygen atoms in total. The summed E-state index contributed by atoms with van der Waals surface area (Å²) >= 11 is 3.12. The molecule has 42 valence electrons. The highest BCUT2D eigenvalue weighted by Gasteiger charge is 1.93. The minimum atomic E-state index is -0.256. The molecule has 1 aromatic rings. The maximum atomic E-state index is 12.0. The second-order valence-corrected chi connectivity index (χ2v) is 2.21. The van der Waals surface area contributed by atoms with Crippen LogP contribution in [0.2, 0.25) is 0 Å². The molecule has 1 aromatic heterocycles. The van der Waals surface area contributed by atoms with Crippen LogP contribution in [0.5, 0.6) is 0 Å². The molecule has 1 heterocycles. The minimum absolute atomic E-state index is 0.256. The monoisotopic (exact) mass is 176 g/mol. The molecule has 0 bridgehead atoms. The Morgan fingerprint density at radius 3 is 2.62 bits per heavy atom. The highest BCUT2D eigenvalue weighted by Crippen LogP contribution is 1.99. The predicted molar refractivity (Wildman–Crippen MR) is 30.7 cm³/mol. The number of H-pyrrole nitrogens is 1. The van der Waals surface area contributed by atoms with Gasteiger partial charge in [-0.2, -0.15) is 0 Å². The number of aromatic amines is 1. The Morgan fingerprint density at radius 1 is 1.50 bits per heavy atom. The van der Waals surface area contributed by atoms with Crippen LogP contribution in [0.4, 0.5) is 4.39 Å². The predicted octanol–water partition coefficient (Wildman–Crippen LogP) is 1.40. The van der Waals surface area contributed by atoms with Gasteiger partial charge in [-0.25, -0.2) is 9.37 Å². The third-order valence-corrected chi connectivity index (χ3v) is 1.23. The Balaban J connectivity index is 3.03. The van der Waals surface area contributed by atoms with Crippen LogP contribution < -0.4 is 4.98 Å². The van der Waals surface area contributed by atoms with E-state index < -0.39 is 0 Å². The Bertz CT molecular complexity index is 151. The van der Waals surface area contributed by atoms with Gasteiger partial charge in [-0.15, -0.1) is 0 Å². The van der Waals surface area contributed by atoms with Crippen LogP contribution in [0.3, 0.4) is 0 Å². The van der Waals surface area contributed by atoms with Gasteiger partial charge in [0.05, 0.1) is 0 Å². The standard InChI is InChI=1S/C5H3BrFN/c6-5-2-1-4(7)3-8-5/h1-3H/p+1. The molecule has 0 amide bonds. The van der Waals surface area contributed by atoms with Gasteiger partial charge in [0.15, 0.2) is 5.82 Å². The lowest BCUT2D eigenvalue weighted by atomic mass is 10.5. The molecule has 3 heteroatoms. The van der Waals surface area contributed by atoms with E-state index in [2.05, 4.69) is 20.9 Å². The second-order valence-electron chi connectivity index (χ2n) is 1.35. The summed E-state index contributed by atoms with van der Waals surface area (Å²) in [5.74, 6) is -0.256.